The van der Waals surface area contributed by atoms with Crippen molar-refractivity contribution >= 4 is 23.2 Å². The van der Waals surface area contributed by atoms with Crippen LogP contribution in [0.5, 0.6) is 5.75 Å². The number of para-hydroxylation sites is 2. The van der Waals surface area contributed by atoms with Gasteiger partial charge in [0.2, 0.25) is 5.91 Å². The van der Waals surface area contributed by atoms with Gasteiger partial charge in [-0.05, 0) is 56.3 Å². The maximum Gasteiger partial charge on any atom is 0.251 e. The number of ether oxygens (including phenoxy) is 1. The molecule has 3 N–H and O–H groups in total. The number of amides is 2. The van der Waals surface area contributed by atoms with E-state index in [1.165, 1.54) is 0 Å². The van der Waals surface area contributed by atoms with Crippen molar-refractivity contribution in [2.45, 2.75) is 26.5 Å². The molecular weight excluding hydrogens is 382 g/mol. The standard InChI is InChI=1S/C23H25N3O4/c1-16(2)30-21-11-4-3-10-20(21)26-22(27)15-24-18-8-5-7-17(13-18)23(28)25-14-19-9-6-12-29-19/h3-13,16,24H,14-15H2,1-2H3,(H,25,28)(H,26,27). The quantitative estimate of drug-likeness (QED) is 0.498. The molecule has 7 heteroatoms. The van der Waals surface area contributed by atoms with E-state index in [0.29, 0.717) is 35.0 Å². The first-order valence-corrected chi connectivity index (χ1v) is 9.71. The molecule has 0 aliphatic rings. The number of carbonyl (C=O) groups excluding carboxylic acids is 2. The Kier molecular flexibility index (Phi) is 7.10. The highest BCUT2D eigenvalue weighted by molar-refractivity contribution is 5.96. The maximum absolute atomic E-state index is 12.4. The molecule has 0 bridgehead atoms. The Morgan fingerprint density at radius 2 is 1.87 bits per heavy atom. The van der Waals surface area contributed by atoms with Crippen LogP contribution in [0, 0.1) is 0 Å². The summed E-state index contributed by atoms with van der Waals surface area (Å²) >= 11 is 0. The largest absolute Gasteiger partial charge is 0.489 e. The van der Waals surface area contributed by atoms with Crippen molar-refractivity contribution in [2.24, 2.45) is 0 Å². The van der Waals surface area contributed by atoms with Gasteiger partial charge in [-0.25, -0.2) is 0 Å². The van der Waals surface area contributed by atoms with Gasteiger partial charge in [-0.1, -0.05) is 18.2 Å². The normalized spacial score (nSPS) is 10.5. The molecule has 30 heavy (non-hydrogen) atoms. The van der Waals surface area contributed by atoms with Crippen LogP contribution in [-0.4, -0.2) is 24.5 Å². The number of nitrogens with one attached hydrogen (secondary N) is 3. The van der Waals surface area contributed by atoms with Crippen LogP contribution in [0.15, 0.2) is 71.3 Å². The van der Waals surface area contributed by atoms with Crippen LogP contribution in [0.2, 0.25) is 0 Å². The van der Waals surface area contributed by atoms with Crippen LogP contribution in [0.4, 0.5) is 11.4 Å². The molecule has 156 valence electrons. The Labute approximate surface area is 175 Å². The predicted molar refractivity (Wildman–Crippen MR) is 116 cm³/mol. The summed E-state index contributed by atoms with van der Waals surface area (Å²) in [5.74, 6) is 0.855. The molecule has 1 heterocycles. The van der Waals surface area contributed by atoms with Crippen molar-refractivity contribution in [3.8, 4) is 5.75 Å². The molecule has 1 aromatic heterocycles. The summed E-state index contributed by atoms with van der Waals surface area (Å²) in [6, 6.07) is 17.8. The van der Waals surface area contributed by atoms with E-state index in [1.54, 1.807) is 48.7 Å². The highest BCUT2D eigenvalue weighted by Gasteiger charge is 2.10. The van der Waals surface area contributed by atoms with Crippen molar-refractivity contribution in [3.05, 3.63) is 78.3 Å². The highest BCUT2D eigenvalue weighted by atomic mass is 16.5. The molecule has 0 fully saturated rings. The summed E-state index contributed by atoms with van der Waals surface area (Å²) in [5.41, 5.74) is 1.77. The van der Waals surface area contributed by atoms with E-state index >= 15 is 0 Å². The fourth-order valence-electron chi connectivity index (χ4n) is 2.76. The Hall–Kier alpha value is -3.74. The lowest BCUT2D eigenvalue weighted by Gasteiger charge is -2.15. The summed E-state index contributed by atoms with van der Waals surface area (Å²) in [6.07, 6.45) is 1.56. The molecule has 0 unspecified atom stereocenters. The van der Waals surface area contributed by atoms with Crippen LogP contribution >= 0.6 is 0 Å². The van der Waals surface area contributed by atoms with Gasteiger partial charge < -0.3 is 25.1 Å². The van der Waals surface area contributed by atoms with Crippen molar-refractivity contribution in [2.75, 3.05) is 17.2 Å². The second kappa shape index (κ2) is 10.2. The minimum Gasteiger partial charge on any atom is -0.489 e. The number of carbonyl (C=O) groups is 2. The van der Waals surface area contributed by atoms with E-state index in [-0.39, 0.29) is 24.5 Å². The Morgan fingerprint density at radius 3 is 2.63 bits per heavy atom. The topological polar surface area (TPSA) is 92.6 Å². The molecule has 2 aromatic carbocycles. The molecular formula is C23H25N3O4. The lowest BCUT2D eigenvalue weighted by atomic mass is 10.2. The maximum atomic E-state index is 12.4. The van der Waals surface area contributed by atoms with Gasteiger partial charge in [0.1, 0.15) is 11.5 Å². The van der Waals surface area contributed by atoms with Crippen molar-refractivity contribution in [1.82, 2.24) is 5.32 Å². The van der Waals surface area contributed by atoms with Gasteiger partial charge in [0.15, 0.2) is 0 Å². The van der Waals surface area contributed by atoms with Gasteiger partial charge in [0, 0.05) is 11.3 Å². The Morgan fingerprint density at radius 1 is 1.03 bits per heavy atom. The molecule has 0 aliphatic carbocycles. The average Bonchev–Trinajstić information content (AvgIpc) is 3.25. The molecule has 0 radical (unpaired) electrons. The zero-order valence-electron chi connectivity index (χ0n) is 17.0. The second-order valence-electron chi connectivity index (χ2n) is 6.91. The Bertz CT molecular complexity index is 984. The molecule has 3 rings (SSSR count). The van der Waals surface area contributed by atoms with E-state index in [1.807, 2.05) is 32.0 Å². The molecule has 0 spiro atoms. The van der Waals surface area contributed by atoms with Gasteiger partial charge in [-0.3, -0.25) is 9.59 Å². The summed E-state index contributed by atoms with van der Waals surface area (Å²) in [4.78, 5) is 24.7. The second-order valence-corrected chi connectivity index (χ2v) is 6.91. The summed E-state index contributed by atoms with van der Waals surface area (Å²) < 4.78 is 10.9. The van der Waals surface area contributed by atoms with E-state index in [9.17, 15) is 9.59 Å². The smallest absolute Gasteiger partial charge is 0.251 e. The fraction of sp³-hybridized carbons (Fsp3) is 0.217. The van der Waals surface area contributed by atoms with Gasteiger partial charge in [0.05, 0.1) is 31.1 Å². The van der Waals surface area contributed by atoms with E-state index in [0.717, 1.165) is 0 Å². The monoisotopic (exact) mass is 407 g/mol. The Balaban J connectivity index is 1.54. The lowest BCUT2D eigenvalue weighted by molar-refractivity contribution is -0.114. The minimum atomic E-state index is -0.223. The number of furan rings is 1. The molecule has 0 saturated carbocycles. The SMILES string of the molecule is CC(C)Oc1ccccc1NC(=O)CNc1cccc(C(=O)NCc2ccco2)c1. The zero-order chi connectivity index (χ0) is 21.3. The molecule has 0 atom stereocenters. The van der Waals surface area contributed by atoms with Crippen molar-refractivity contribution < 1.29 is 18.7 Å². The van der Waals surface area contributed by atoms with Gasteiger partial charge in [-0.15, -0.1) is 0 Å². The molecule has 0 aliphatic heterocycles. The van der Waals surface area contributed by atoms with E-state index in [2.05, 4.69) is 16.0 Å². The summed E-state index contributed by atoms with van der Waals surface area (Å²) in [5, 5.41) is 8.68. The van der Waals surface area contributed by atoms with E-state index in [4.69, 9.17) is 9.15 Å². The number of hydrogen-bond acceptors (Lipinski definition) is 5. The highest BCUT2D eigenvalue weighted by Crippen LogP contribution is 2.24. The molecule has 3 aromatic rings. The minimum absolute atomic E-state index is 0.00264. The molecule has 0 saturated heterocycles. The molecule has 2 amide bonds. The van der Waals surface area contributed by atoms with Gasteiger partial charge in [-0.2, -0.15) is 0 Å². The number of benzene rings is 2. The van der Waals surface area contributed by atoms with Crippen LogP contribution in [-0.2, 0) is 11.3 Å². The predicted octanol–water partition coefficient (Wildman–Crippen LogP) is 4.05. The third kappa shape index (κ3) is 6.13. The van der Waals surface area contributed by atoms with Crippen LogP contribution < -0.4 is 20.7 Å². The van der Waals surface area contributed by atoms with Crippen LogP contribution in [0.25, 0.3) is 0 Å². The first-order valence-electron chi connectivity index (χ1n) is 9.71. The third-order valence-corrected chi connectivity index (χ3v) is 4.10. The fourth-order valence-corrected chi connectivity index (χ4v) is 2.76. The lowest BCUT2D eigenvalue weighted by Crippen LogP contribution is -2.24. The summed E-state index contributed by atoms with van der Waals surface area (Å²) in [6.45, 7) is 4.22. The molecule has 7 nitrogen and oxygen atoms in total. The van der Waals surface area contributed by atoms with Crippen molar-refractivity contribution in [1.29, 1.82) is 0 Å². The van der Waals surface area contributed by atoms with E-state index < -0.39 is 0 Å². The van der Waals surface area contributed by atoms with Gasteiger partial charge >= 0.3 is 0 Å². The summed E-state index contributed by atoms with van der Waals surface area (Å²) in [7, 11) is 0. The third-order valence-electron chi connectivity index (χ3n) is 4.10. The number of hydrogen-bond donors (Lipinski definition) is 3. The average molecular weight is 407 g/mol. The zero-order valence-corrected chi connectivity index (χ0v) is 17.0. The van der Waals surface area contributed by atoms with Gasteiger partial charge in [0.25, 0.3) is 5.91 Å². The number of anilines is 2. The number of rotatable bonds is 9. The van der Waals surface area contributed by atoms with Crippen LogP contribution in [0.1, 0.15) is 30.0 Å². The van der Waals surface area contributed by atoms with Crippen molar-refractivity contribution in [3.63, 3.8) is 0 Å². The first-order chi connectivity index (χ1) is 14.5. The first kappa shape index (κ1) is 21.0. The van der Waals surface area contributed by atoms with Crippen LogP contribution in [0.3, 0.4) is 0 Å².